The van der Waals surface area contributed by atoms with Gasteiger partial charge in [-0.2, -0.15) is 18.2 Å². The molecule has 2 aromatic carbocycles. The number of piperazine rings is 1. The van der Waals surface area contributed by atoms with E-state index < -0.39 is 11.7 Å². The van der Waals surface area contributed by atoms with Crippen molar-refractivity contribution in [3.63, 3.8) is 0 Å². The Morgan fingerprint density at radius 1 is 1.13 bits per heavy atom. The summed E-state index contributed by atoms with van der Waals surface area (Å²) in [5, 5.41) is 8.36. The molecule has 4 rings (SSSR count). The number of amides is 1. The number of carbonyl (C=O) groups excluding carboxylic acids is 1. The van der Waals surface area contributed by atoms with Crippen molar-refractivity contribution in [2.75, 3.05) is 61.2 Å². The van der Waals surface area contributed by atoms with E-state index in [4.69, 9.17) is 4.74 Å². The molecule has 206 valence electrons. The molecule has 1 fully saturated rings. The fourth-order valence-electron chi connectivity index (χ4n) is 4.03. The highest BCUT2D eigenvalue weighted by molar-refractivity contribution is 5.98. The van der Waals surface area contributed by atoms with Gasteiger partial charge >= 0.3 is 6.18 Å². The maximum Gasteiger partial charge on any atom is 0.421 e. The largest absolute Gasteiger partial charge is 0.494 e. The lowest BCUT2D eigenvalue weighted by atomic mass is 10.2. The number of methoxy groups -OCH3 is 1. The fourth-order valence-corrected chi connectivity index (χ4v) is 4.03. The van der Waals surface area contributed by atoms with Crippen LogP contribution in [0.4, 0.5) is 42.0 Å². The van der Waals surface area contributed by atoms with Crippen molar-refractivity contribution in [2.45, 2.75) is 12.7 Å². The van der Waals surface area contributed by atoms with Crippen LogP contribution in [0.5, 0.6) is 5.75 Å². The Bertz CT molecular complexity index is 1310. The molecular formula is C27H30F3N7O2. The predicted octanol–water partition coefficient (Wildman–Crippen LogP) is 4.74. The van der Waals surface area contributed by atoms with Crippen LogP contribution in [0.25, 0.3) is 0 Å². The Balaban J connectivity index is 1.51. The third-order valence-electron chi connectivity index (χ3n) is 6.26. The number of anilines is 5. The zero-order chi connectivity index (χ0) is 28.0. The Hall–Kier alpha value is -4.32. The van der Waals surface area contributed by atoms with E-state index in [-0.39, 0.29) is 24.2 Å². The maximum atomic E-state index is 13.7. The Morgan fingerprint density at radius 3 is 2.49 bits per heavy atom. The second-order valence-corrected chi connectivity index (χ2v) is 9.00. The number of alkyl halides is 3. The molecule has 0 unspecified atom stereocenters. The average Bonchev–Trinajstić information content (AvgIpc) is 2.92. The van der Waals surface area contributed by atoms with Gasteiger partial charge in [0.25, 0.3) is 0 Å². The molecule has 3 aromatic rings. The summed E-state index contributed by atoms with van der Waals surface area (Å²) in [4.78, 5) is 24.0. The van der Waals surface area contributed by atoms with Gasteiger partial charge in [-0.05, 0) is 43.0 Å². The molecule has 39 heavy (non-hydrogen) atoms. The maximum absolute atomic E-state index is 13.7. The van der Waals surface area contributed by atoms with Crippen LogP contribution >= 0.6 is 0 Å². The SMILES string of the molecule is C=CC(=O)Nc1ccc(CNc2nc(Nc3ccc(N4CCN(C)CC4)cc3OC)ncc2C(F)(F)F)cc1. The summed E-state index contributed by atoms with van der Waals surface area (Å²) in [6.07, 6.45) is -2.76. The summed E-state index contributed by atoms with van der Waals surface area (Å²) in [7, 11) is 3.61. The molecule has 1 saturated heterocycles. The summed E-state index contributed by atoms with van der Waals surface area (Å²) in [5.41, 5.74) is 1.77. The molecule has 0 aliphatic carbocycles. The Kier molecular flexibility index (Phi) is 8.55. The molecule has 9 nitrogen and oxygen atoms in total. The molecule has 1 amide bonds. The molecule has 0 atom stereocenters. The van der Waals surface area contributed by atoms with E-state index in [0.717, 1.165) is 44.1 Å². The standard InChI is InChI=1S/C27H30F3N7O2/c1-4-24(38)33-19-7-5-18(6-8-19)16-31-25-21(27(28,29)30)17-32-26(35-25)34-22-10-9-20(15-23(22)39-3)37-13-11-36(2)12-14-37/h4-10,15,17H,1,11-14,16H2,2-3H3,(H,33,38)(H2,31,32,34,35). The number of carbonyl (C=O) groups is 1. The van der Waals surface area contributed by atoms with E-state index in [1.165, 1.54) is 7.11 Å². The third-order valence-corrected chi connectivity index (χ3v) is 6.26. The molecular weight excluding hydrogens is 511 g/mol. The quantitative estimate of drug-likeness (QED) is 0.335. The average molecular weight is 542 g/mol. The van der Waals surface area contributed by atoms with E-state index in [9.17, 15) is 18.0 Å². The summed E-state index contributed by atoms with van der Waals surface area (Å²) in [5.74, 6) is -0.217. The van der Waals surface area contributed by atoms with Crippen LogP contribution in [0.1, 0.15) is 11.1 Å². The number of likely N-dealkylation sites (N-methyl/N-ethyl adjacent to an activating group) is 1. The highest BCUT2D eigenvalue weighted by Crippen LogP contribution is 2.36. The first-order valence-electron chi connectivity index (χ1n) is 12.3. The highest BCUT2D eigenvalue weighted by atomic mass is 19.4. The molecule has 12 heteroatoms. The van der Waals surface area contributed by atoms with Crippen LogP contribution in [0.15, 0.2) is 61.3 Å². The van der Waals surface area contributed by atoms with E-state index >= 15 is 0 Å². The highest BCUT2D eigenvalue weighted by Gasteiger charge is 2.35. The number of ether oxygens (including phenoxy) is 1. The number of benzene rings is 2. The number of nitrogens with one attached hydrogen (secondary N) is 3. The zero-order valence-corrected chi connectivity index (χ0v) is 21.7. The minimum Gasteiger partial charge on any atom is -0.494 e. The minimum atomic E-state index is -4.65. The van der Waals surface area contributed by atoms with Gasteiger partial charge in [-0.15, -0.1) is 0 Å². The van der Waals surface area contributed by atoms with Crippen LogP contribution in [-0.2, 0) is 17.5 Å². The lowest BCUT2D eigenvalue weighted by Crippen LogP contribution is -2.44. The van der Waals surface area contributed by atoms with Crippen molar-refractivity contribution in [3.05, 3.63) is 72.4 Å². The van der Waals surface area contributed by atoms with E-state index in [0.29, 0.717) is 22.7 Å². The van der Waals surface area contributed by atoms with Crippen molar-refractivity contribution in [3.8, 4) is 5.75 Å². The van der Waals surface area contributed by atoms with Crippen LogP contribution in [0.3, 0.4) is 0 Å². The van der Waals surface area contributed by atoms with Gasteiger partial charge in [-0.3, -0.25) is 4.79 Å². The summed E-state index contributed by atoms with van der Waals surface area (Å²) in [6.45, 7) is 7.13. The van der Waals surface area contributed by atoms with E-state index in [2.05, 4.69) is 49.3 Å². The van der Waals surface area contributed by atoms with Crippen molar-refractivity contribution in [1.29, 1.82) is 0 Å². The smallest absolute Gasteiger partial charge is 0.421 e. The number of rotatable bonds is 9. The summed E-state index contributed by atoms with van der Waals surface area (Å²) >= 11 is 0. The molecule has 1 aliphatic rings. The number of halogens is 3. The van der Waals surface area contributed by atoms with E-state index in [1.54, 1.807) is 30.3 Å². The summed E-state index contributed by atoms with van der Waals surface area (Å²) < 4.78 is 46.6. The van der Waals surface area contributed by atoms with E-state index in [1.807, 2.05) is 12.1 Å². The molecule has 3 N–H and O–H groups in total. The topological polar surface area (TPSA) is 94.6 Å². The molecule has 1 aromatic heterocycles. The number of hydrogen-bond donors (Lipinski definition) is 3. The molecule has 0 saturated carbocycles. The first kappa shape index (κ1) is 27.7. The second kappa shape index (κ2) is 12.0. The van der Waals surface area contributed by atoms with Gasteiger partial charge in [0.05, 0.1) is 12.8 Å². The predicted molar refractivity (Wildman–Crippen MR) is 146 cm³/mol. The minimum absolute atomic E-state index is 0.0152. The zero-order valence-electron chi connectivity index (χ0n) is 21.7. The molecule has 0 radical (unpaired) electrons. The molecule has 1 aliphatic heterocycles. The molecule has 2 heterocycles. The van der Waals surface area contributed by atoms with Crippen molar-refractivity contribution in [2.24, 2.45) is 0 Å². The monoisotopic (exact) mass is 541 g/mol. The fraction of sp³-hybridized carbons (Fsp3) is 0.296. The van der Waals surface area contributed by atoms with Crippen LogP contribution < -0.4 is 25.6 Å². The second-order valence-electron chi connectivity index (χ2n) is 9.00. The van der Waals surface area contributed by atoms with Crippen molar-refractivity contribution < 1.29 is 22.7 Å². The van der Waals surface area contributed by atoms with Crippen molar-refractivity contribution in [1.82, 2.24) is 14.9 Å². The number of nitrogens with zero attached hydrogens (tertiary/aromatic N) is 4. The lowest BCUT2D eigenvalue weighted by Gasteiger charge is -2.34. The number of aromatic nitrogens is 2. The van der Waals surface area contributed by atoms with Gasteiger partial charge < -0.3 is 30.5 Å². The Labute approximate surface area is 224 Å². The molecule has 0 bridgehead atoms. The van der Waals surface area contributed by atoms with Crippen LogP contribution in [-0.4, -0.2) is 61.1 Å². The number of hydrogen-bond acceptors (Lipinski definition) is 8. The van der Waals surface area contributed by atoms with Crippen molar-refractivity contribution >= 4 is 34.7 Å². The van der Waals surface area contributed by atoms with Gasteiger partial charge in [0.15, 0.2) is 0 Å². The van der Waals surface area contributed by atoms with Gasteiger partial charge in [0.2, 0.25) is 11.9 Å². The Morgan fingerprint density at radius 2 is 1.85 bits per heavy atom. The van der Waals surface area contributed by atoms with Crippen LogP contribution in [0, 0.1) is 0 Å². The van der Waals surface area contributed by atoms with Gasteiger partial charge in [0.1, 0.15) is 17.1 Å². The lowest BCUT2D eigenvalue weighted by molar-refractivity contribution is -0.137. The summed E-state index contributed by atoms with van der Waals surface area (Å²) in [6, 6.07) is 12.3. The van der Waals surface area contributed by atoms with Gasteiger partial charge in [0, 0.05) is 56.4 Å². The third kappa shape index (κ3) is 7.17. The first-order chi connectivity index (χ1) is 18.7. The normalized spacial score (nSPS) is 14.0. The molecule has 0 spiro atoms. The van der Waals surface area contributed by atoms with Gasteiger partial charge in [-0.1, -0.05) is 18.7 Å². The van der Waals surface area contributed by atoms with Crippen LogP contribution in [0.2, 0.25) is 0 Å². The first-order valence-corrected chi connectivity index (χ1v) is 12.3. The van der Waals surface area contributed by atoms with Gasteiger partial charge in [-0.25, -0.2) is 4.98 Å².